The van der Waals surface area contributed by atoms with E-state index in [-0.39, 0.29) is 6.12 Å². The second-order valence-electron chi connectivity index (χ2n) is 0.587. The summed E-state index contributed by atoms with van der Waals surface area (Å²) in [5.74, 6) is 0. The minimum absolute atomic E-state index is 0.285. The van der Waals surface area contributed by atoms with Gasteiger partial charge in [0.05, 0.1) is 0 Å². The fourth-order valence-corrected chi connectivity index (χ4v) is 1.60. The number of aromatic nitrogens is 1. The molecule has 0 aliphatic carbocycles. The molecule has 1 rings (SSSR count). The Labute approximate surface area is 43.2 Å². The summed E-state index contributed by atoms with van der Waals surface area (Å²) >= 11 is 2.96. The van der Waals surface area contributed by atoms with Crippen molar-refractivity contribution in [2.24, 2.45) is 0 Å². The van der Waals surface area contributed by atoms with Crippen molar-refractivity contribution in [2.45, 2.75) is 0 Å². The first-order chi connectivity index (χ1) is 2.30. The van der Waals surface area contributed by atoms with Crippen LogP contribution in [0.4, 0.5) is 0 Å². The van der Waals surface area contributed by atoms with E-state index in [2.05, 4.69) is 28.1 Å². The molecule has 0 N–H and O–H groups in total. The van der Waals surface area contributed by atoms with Crippen molar-refractivity contribution in [3.05, 3.63) is 0 Å². The first kappa shape index (κ1) is 4.16. The van der Waals surface area contributed by atoms with Crippen LogP contribution in [0.1, 0.15) is 0 Å². The van der Waals surface area contributed by atoms with Gasteiger partial charge in [0, 0.05) is 0 Å². The van der Waals surface area contributed by atoms with Gasteiger partial charge in [-0.1, -0.05) is 0 Å². The molecule has 0 saturated carbocycles. The molecule has 33 valence electrons. The molecule has 0 aromatic carbocycles. The number of hydrogen-bond donors (Lipinski definition) is 0. The molecule has 0 fully saturated rings. The average molecular weight is 200 g/mol. The molecule has 2 unspecified atom stereocenters. The molecule has 0 radical (unpaired) electrons. The third-order valence-corrected chi connectivity index (χ3v) is 3.95. The standard InChI is InChI=1S/H2NOP2.Pd/c3-1-2-4-1;/h3H2;/q-1;+1. The Morgan fingerprint density at radius 1 is 2.00 bits per heavy atom. The van der Waals surface area contributed by atoms with E-state index < -0.39 is 0 Å². The molecule has 0 aliphatic heterocycles. The van der Waals surface area contributed by atoms with Crippen molar-refractivity contribution < 1.29 is 23.0 Å². The summed E-state index contributed by atoms with van der Waals surface area (Å²) < 4.78 is 6.42. The van der Waals surface area contributed by atoms with Crippen LogP contribution in [0.2, 0.25) is 0 Å². The van der Waals surface area contributed by atoms with Gasteiger partial charge in [0.2, 0.25) is 0 Å². The number of nitrogens with zero attached hydrogens (tertiary/aromatic N) is 1. The summed E-state index contributed by atoms with van der Waals surface area (Å²) in [6.45, 7) is 0. The van der Waals surface area contributed by atoms with Crippen LogP contribution in [0.15, 0.2) is 4.30 Å². The van der Waals surface area contributed by atoms with Crippen LogP contribution < -0.4 is 0 Å². The van der Waals surface area contributed by atoms with Gasteiger partial charge in [-0.2, -0.15) is 0 Å². The van der Waals surface area contributed by atoms with Crippen LogP contribution in [0, 0.1) is 0 Å². The molecule has 0 amide bonds. The number of hydrogen-bond acceptors (Lipinski definition) is 1. The molecule has 0 aliphatic rings. The quantitative estimate of drug-likeness (QED) is 0.452. The van der Waals surface area contributed by atoms with E-state index in [0.717, 1.165) is 0 Å². The summed E-state index contributed by atoms with van der Waals surface area (Å²) in [6, 6.07) is 0. The maximum atomic E-state index is 4.71. The summed E-state index contributed by atoms with van der Waals surface area (Å²) in [5, 5.41) is 0. The fraction of sp³-hybridized carbons (Fsp3) is 0. The third kappa shape index (κ3) is 0.914. The van der Waals surface area contributed by atoms with E-state index in [0.29, 0.717) is 0 Å². The summed E-state index contributed by atoms with van der Waals surface area (Å²) in [5.41, 5.74) is 0. The van der Waals surface area contributed by atoms with E-state index >= 15 is 0 Å². The Morgan fingerprint density at radius 3 is 2.20 bits per heavy atom. The predicted molar refractivity (Wildman–Crippen MR) is 19.9 cm³/mol. The number of rotatable bonds is 0. The molecular weight excluding hydrogens is 198 g/mol. The zero-order valence-corrected chi connectivity index (χ0v) is 5.80. The second kappa shape index (κ2) is 1.25. The minimum atomic E-state index is -0.285. The van der Waals surface area contributed by atoms with Crippen molar-refractivity contribution in [3.8, 4) is 0 Å². The van der Waals surface area contributed by atoms with E-state index in [1.807, 2.05) is 0 Å². The van der Waals surface area contributed by atoms with E-state index in [9.17, 15) is 0 Å². The van der Waals surface area contributed by atoms with E-state index in [1.165, 1.54) is 0 Å². The van der Waals surface area contributed by atoms with Gasteiger partial charge < -0.3 is 0 Å². The average Bonchev–Trinajstić information content (AvgIpc) is 1.79. The van der Waals surface area contributed by atoms with Crippen LogP contribution in [-0.2, 0) is 18.7 Å². The zero-order valence-electron chi connectivity index (χ0n) is 2.20. The summed E-state index contributed by atoms with van der Waals surface area (Å²) in [6.07, 6.45) is -0.285. The van der Waals surface area contributed by atoms with Gasteiger partial charge in [-0.3, -0.25) is 0 Å². The van der Waals surface area contributed by atoms with Crippen LogP contribution in [0.25, 0.3) is 0 Å². The molecule has 1 aromatic heterocycles. The second-order valence-corrected chi connectivity index (χ2v) is 4.24. The summed E-state index contributed by atoms with van der Waals surface area (Å²) in [7, 11) is 2.41. The van der Waals surface area contributed by atoms with Gasteiger partial charge in [0.15, 0.2) is 0 Å². The van der Waals surface area contributed by atoms with Gasteiger partial charge in [-0.25, -0.2) is 0 Å². The SMILES string of the molecule is Pn1o[p]1[Pd]. The molecule has 0 bridgehead atoms. The molecule has 5 heavy (non-hydrogen) atoms. The Balaban J connectivity index is 2.73. The molecule has 2 nitrogen and oxygen atoms in total. The maximum absolute atomic E-state index is 4.71. The van der Waals surface area contributed by atoms with Crippen LogP contribution >= 0.6 is 15.5 Å². The Kier molecular flexibility index (Phi) is 1.04. The molecule has 2 atom stereocenters. The normalized spacial score (nSPS) is 13.8. The molecule has 0 spiro atoms. The van der Waals surface area contributed by atoms with E-state index in [4.69, 9.17) is 4.30 Å². The fourth-order valence-electron chi connectivity index (χ4n) is 0.0475. The van der Waals surface area contributed by atoms with Gasteiger partial charge in [-0.15, -0.1) is 0 Å². The molecule has 1 aromatic rings. The first-order valence-electron chi connectivity index (χ1n) is 0.965. The summed E-state index contributed by atoms with van der Waals surface area (Å²) in [4.78, 5) is 0. The topological polar surface area (TPSA) is 18.1 Å². The Bertz CT molecular complexity index is 93.8. The van der Waals surface area contributed by atoms with Crippen LogP contribution in [-0.4, -0.2) is 4.27 Å². The van der Waals surface area contributed by atoms with Crippen LogP contribution in [0.5, 0.6) is 0 Å². The molecular formula is H2NOP2Pd. The third-order valence-electron chi connectivity index (χ3n) is 0.264. The van der Waals surface area contributed by atoms with Gasteiger partial charge in [0.25, 0.3) is 0 Å². The predicted octanol–water partition coefficient (Wildman–Crippen LogP) is 1.02. The monoisotopic (exact) mass is 200 g/mol. The Hall–Kier alpha value is 0.992. The van der Waals surface area contributed by atoms with Crippen molar-refractivity contribution in [3.63, 3.8) is 0 Å². The van der Waals surface area contributed by atoms with Gasteiger partial charge in [-0.05, 0) is 0 Å². The van der Waals surface area contributed by atoms with Crippen LogP contribution in [0.3, 0.4) is 0 Å². The molecule has 1 heterocycles. The van der Waals surface area contributed by atoms with Crippen molar-refractivity contribution in [1.82, 2.24) is 4.27 Å². The van der Waals surface area contributed by atoms with E-state index in [1.54, 1.807) is 4.27 Å². The van der Waals surface area contributed by atoms with Crippen molar-refractivity contribution in [2.75, 3.05) is 0 Å². The zero-order chi connectivity index (χ0) is 3.86. The van der Waals surface area contributed by atoms with Gasteiger partial charge >= 0.3 is 42.8 Å². The molecule has 5 heteroatoms. The molecule has 0 saturated heterocycles. The van der Waals surface area contributed by atoms with Crippen molar-refractivity contribution >= 4 is 15.5 Å². The van der Waals surface area contributed by atoms with Crippen molar-refractivity contribution in [1.29, 1.82) is 0 Å². The first-order valence-corrected chi connectivity index (χ1v) is 4.61. The Morgan fingerprint density at radius 2 is 2.20 bits per heavy atom. The van der Waals surface area contributed by atoms with Gasteiger partial charge in [0.1, 0.15) is 0 Å².